The van der Waals surface area contributed by atoms with Crippen LogP contribution in [-0.4, -0.2) is 58.0 Å². The fraction of sp³-hybridized carbons (Fsp3) is 0.800. The predicted octanol–water partition coefficient (Wildman–Crippen LogP) is 4.24. The van der Waals surface area contributed by atoms with E-state index in [4.69, 9.17) is 5.11 Å². The molecule has 33 heavy (non-hydrogen) atoms. The molecule has 4 atom stereocenters. The Balaban J connectivity index is 1.29. The van der Waals surface area contributed by atoms with Crippen LogP contribution in [0.3, 0.4) is 0 Å². The third kappa shape index (κ3) is 9.19. The lowest BCUT2D eigenvalue weighted by atomic mass is 9.77. The molecule has 1 saturated carbocycles. The van der Waals surface area contributed by atoms with Gasteiger partial charge in [-0.2, -0.15) is 23.5 Å². The lowest BCUT2D eigenvalue weighted by Gasteiger charge is -2.29. The molecule has 0 spiro atoms. The summed E-state index contributed by atoms with van der Waals surface area (Å²) in [5.74, 6) is 2.40. The molecule has 3 N–H and O–H groups in total. The number of hydrogen-bond donors (Lipinski definition) is 3. The van der Waals surface area contributed by atoms with E-state index in [1.807, 2.05) is 0 Å². The molecule has 6 nitrogen and oxygen atoms in total. The fourth-order valence-electron chi connectivity index (χ4n) is 5.42. The molecule has 2 amide bonds. The number of hydrogen-bond acceptors (Lipinski definition) is 5. The van der Waals surface area contributed by atoms with Crippen molar-refractivity contribution in [3.05, 3.63) is 12.2 Å². The third-order valence-electron chi connectivity index (χ3n) is 7.22. The second-order valence-corrected chi connectivity index (χ2v) is 12.2. The minimum absolute atomic E-state index is 0.0487. The summed E-state index contributed by atoms with van der Waals surface area (Å²) in [4.78, 5) is 35.0. The molecule has 2 heterocycles. The van der Waals surface area contributed by atoms with Gasteiger partial charge >= 0.3 is 5.97 Å². The van der Waals surface area contributed by atoms with Gasteiger partial charge in [0.2, 0.25) is 11.8 Å². The van der Waals surface area contributed by atoms with Crippen molar-refractivity contribution in [3.63, 3.8) is 0 Å². The monoisotopic (exact) mass is 496 g/mol. The van der Waals surface area contributed by atoms with Crippen LogP contribution in [0.1, 0.15) is 70.6 Å². The van der Waals surface area contributed by atoms with Gasteiger partial charge in [0.05, 0.1) is 12.3 Å². The summed E-state index contributed by atoms with van der Waals surface area (Å²) in [5.41, 5.74) is 0. The zero-order valence-electron chi connectivity index (χ0n) is 19.6. The van der Waals surface area contributed by atoms with Crippen LogP contribution < -0.4 is 10.6 Å². The smallest absolute Gasteiger partial charge is 0.303 e. The zero-order chi connectivity index (χ0) is 23.5. The van der Waals surface area contributed by atoms with Crippen LogP contribution in [0.4, 0.5) is 0 Å². The lowest BCUT2D eigenvalue weighted by molar-refractivity contribution is -0.137. The van der Waals surface area contributed by atoms with Crippen LogP contribution in [0, 0.1) is 17.8 Å². The van der Waals surface area contributed by atoms with E-state index in [-0.39, 0.29) is 24.8 Å². The highest BCUT2D eigenvalue weighted by Crippen LogP contribution is 2.54. The molecule has 0 unspecified atom stereocenters. The van der Waals surface area contributed by atoms with Crippen LogP contribution in [0.15, 0.2) is 12.2 Å². The maximum atomic E-state index is 12.3. The van der Waals surface area contributed by atoms with Gasteiger partial charge in [-0.15, -0.1) is 0 Å². The van der Waals surface area contributed by atoms with Crippen molar-refractivity contribution in [2.75, 3.05) is 24.6 Å². The third-order valence-corrected chi connectivity index (χ3v) is 10.3. The van der Waals surface area contributed by atoms with Crippen LogP contribution in [0.5, 0.6) is 0 Å². The number of carbonyl (C=O) groups excluding carboxylic acids is 2. The quantitative estimate of drug-likeness (QED) is 0.246. The summed E-state index contributed by atoms with van der Waals surface area (Å²) in [6, 6.07) is 0. The summed E-state index contributed by atoms with van der Waals surface area (Å²) < 4.78 is 0. The zero-order valence-corrected chi connectivity index (χ0v) is 21.3. The van der Waals surface area contributed by atoms with E-state index < -0.39 is 5.97 Å². The molecular weight excluding hydrogens is 456 g/mol. The number of allylic oxidation sites excluding steroid dienone is 2. The Morgan fingerprint density at radius 1 is 0.939 bits per heavy atom. The molecule has 3 fully saturated rings. The number of rotatable bonds is 14. The van der Waals surface area contributed by atoms with Crippen LogP contribution in [0.2, 0.25) is 0 Å². The first-order valence-corrected chi connectivity index (χ1v) is 14.8. The number of amides is 2. The second kappa shape index (κ2) is 14.3. The number of nitrogens with one attached hydrogen (secondary N) is 2. The van der Waals surface area contributed by atoms with Crippen molar-refractivity contribution in [2.45, 2.75) is 81.1 Å². The van der Waals surface area contributed by atoms with Gasteiger partial charge in [0, 0.05) is 23.5 Å². The summed E-state index contributed by atoms with van der Waals surface area (Å²) in [6.45, 7) is 0.738. The van der Waals surface area contributed by atoms with Gasteiger partial charge in [-0.05, 0) is 68.5 Å². The van der Waals surface area contributed by atoms with E-state index in [2.05, 4.69) is 34.5 Å². The topological polar surface area (TPSA) is 95.5 Å². The van der Waals surface area contributed by atoms with Crippen LogP contribution >= 0.6 is 23.5 Å². The van der Waals surface area contributed by atoms with E-state index in [1.54, 1.807) is 11.8 Å². The molecule has 2 bridgehead atoms. The molecule has 0 radical (unpaired) electrons. The Labute approximate surface area is 206 Å². The molecule has 2 aliphatic heterocycles. The van der Waals surface area contributed by atoms with Gasteiger partial charge in [0.15, 0.2) is 0 Å². The first kappa shape index (κ1) is 26.5. The largest absolute Gasteiger partial charge is 0.481 e. The SMILES string of the molecule is O=C(O)CCC/C=C\C[C@H]1[C@@H](CNC(=O)CNC(=O)CSCC2CCCCC2)[C@H]2CC[C@@H]1S2. The van der Waals surface area contributed by atoms with Crippen molar-refractivity contribution in [3.8, 4) is 0 Å². The molecule has 0 aromatic rings. The van der Waals surface area contributed by atoms with Gasteiger partial charge in [-0.1, -0.05) is 31.4 Å². The van der Waals surface area contributed by atoms with Gasteiger partial charge in [0.25, 0.3) is 0 Å². The highest BCUT2D eigenvalue weighted by molar-refractivity contribution is 8.01. The first-order valence-electron chi connectivity index (χ1n) is 12.7. The van der Waals surface area contributed by atoms with Crippen molar-refractivity contribution >= 4 is 41.3 Å². The standard InChI is InChI=1S/C25H40N2O4S2/c28-23(15-27-24(29)17-32-16-18-8-4-3-5-9-18)26-14-20-19(21-12-13-22(20)33-21)10-6-1-2-7-11-25(30)31/h1,6,18-22H,2-5,7-17H2,(H,26,28)(H,27,29)(H,30,31)/b6-1-/t19-,20+,21-,22+/m0/s1. The Morgan fingerprint density at radius 2 is 1.70 bits per heavy atom. The molecule has 3 rings (SSSR count). The van der Waals surface area contributed by atoms with E-state index in [9.17, 15) is 14.4 Å². The molecule has 2 saturated heterocycles. The van der Waals surface area contributed by atoms with E-state index >= 15 is 0 Å². The van der Waals surface area contributed by atoms with Gasteiger partial charge in [-0.25, -0.2) is 0 Å². The Morgan fingerprint density at radius 3 is 2.45 bits per heavy atom. The van der Waals surface area contributed by atoms with Crippen molar-refractivity contribution < 1.29 is 19.5 Å². The number of carbonyl (C=O) groups is 3. The van der Waals surface area contributed by atoms with Crippen molar-refractivity contribution in [1.29, 1.82) is 0 Å². The van der Waals surface area contributed by atoms with E-state index in [0.717, 1.165) is 24.5 Å². The fourth-order valence-corrected chi connectivity index (χ4v) is 8.50. The second-order valence-electron chi connectivity index (χ2n) is 9.71. The maximum absolute atomic E-state index is 12.3. The maximum Gasteiger partial charge on any atom is 0.303 e. The highest BCUT2D eigenvalue weighted by Gasteiger charge is 2.47. The number of unbranched alkanes of at least 4 members (excludes halogenated alkanes) is 1. The van der Waals surface area contributed by atoms with E-state index in [1.165, 1.54) is 44.9 Å². The normalized spacial score (nSPS) is 27.2. The van der Waals surface area contributed by atoms with E-state index in [0.29, 0.717) is 41.1 Å². The van der Waals surface area contributed by atoms with Gasteiger partial charge < -0.3 is 15.7 Å². The van der Waals surface area contributed by atoms with Crippen LogP contribution in [-0.2, 0) is 14.4 Å². The van der Waals surface area contributed by atoms with Crippen molar-refractivity contribution in [1.82, 2.24) is 10.6 Å². The van der Waals surface area contributed by atoms with Gasteiger partial charge in [-0.3, -0.25) is 14.4 Å². The Kier molecular flexibility index (Phi) is 11.5. The molecule has 0 aromatic heterocycles. The van der Waals surface area contributed by atoms with Gasteiger partial charge in [0.1, 0.15) is 0 Å². The molecule has 0 aromatic carbocycles. The number of carboxylic acid groups (broad SMARTS) is 1. The lowest BCUT2D eigenvalue weighted by Crippen LogP contribution is -2.42. The number of aliphatic carboxylic acids is 1. The Hall–Kier alpha value is -1.15. The summed E-state index contributed by atoms with van der Waals surface area (Å²) in [7, 11) is 0. The molecule has 8 heteroatoms. The molecule has 1 aliphatic carbocycles. The minimum Gasteiger partial charge on any atom is -0.481 e. The highest BCUT2D eigenvalue weighted by atomic mass is 32.2. The number of thioether (sulfide) groups is 2. The predicted molar refractivity (Wildman–Crippen MR) is 137 cm³/mol. The number of carboxylic acids is 1. The average Bonchev–Trinajstić information content (AvgIpc) is 3.41. The summed E-state index contributed by atoms with van der Waals surface area (Å²) in [5, 5.41) is 15.8. The Bertz CT molecular complexity index is 681. The summed E-state index contributed by atoms with van der Waals surface area (Å²) >= 11 is 3.77. The number of fused-ring (bicyclic) bond motifs is 2. The van der Waals surface area contributed by atoms with Crippen LogP contribution in [0.25, 0.3) is 0 Å². The first-order chi connectivity index (χ1) is 16.0. The minimum atomic E-state index is -0.738. The molecule has 3 aliphatic rings. The molecule has 186 valence electrons. The summed E-state index contributed by atoms with van der Waals surface area (Å²) in [6.07, 6.45) is 16.1. The average molecular weight is 497 g/mol. The molecular formula is C25H40N2O4S2. The van der Waals surface area contributed by atoms with Crippen molar-refractivity contribution in [2.24, 2.45) is 17.8 Å².